The van der Waals surface area contributed by atoms with Gasteiger partial charge in [-0.2, -0.15) is 4.31 Å². The highest BCUT2D eigenvalue weighted by molar-refractivity contribution is 7.88. The average Bonchev–Trinajstić information content (AvgIpc) is 2.83. The molecular weight excluding hydrogens is 270 g/mol. The third-order valence-corrected chi connectivity index (χ3v) is 5.47. The van der Waals surface area contributed by atoms with Crippen LogP contribution >= 0.6 is 0 Å². The molecule has 3 rings (SSSR count). The maximum Gasteiger partial charge on any atom is 0.247 e. The fourth-order valence-corrected chi connectivity index (χ4v) is 4.03. The first-order valence-electron chi connectivity index (χ1n) is 6.45. The molecule has 0 aromatic carbocycles. The van der Waals surface area contributed by atoms with Crippen LogP contribution in [0.1, 0.15) is 12.8 Å². The molecule has 3 saturated heterocycles. The first-order valence-corrected chi connectivity index (χ1v) is 8.30. The minimum atomic E-state index is -3.31. The molecule has 7 nitrogen and oxygen atoms in total. The lowest BCUT2D eigenvalue weighted by molar-refractivity contribution is -0.161. The lowest BCUT2D eigenvalue weighted by atomic mass is 10.0. The number of nitrogens with zero attached hydrogens (tertiary/aromatic N) is 3. The molecular formula is C11H17N3O4S. The maximum absolute atomic E-state index is 12.4. The predicted octanol–water partition coefficient (Wildman–Crippen LogP) is -1.54. The van der Waals surface area contributed by atoms with Gasteiger partial charge in [-0.15, -0.1) is 0 Å². The molecule has 3 aliphatic rings. The number of carbonyl (C=O) groups excluding carboxylic acids is 2. The summed E-state index contributed by atoms with van der Waals surface area (Å²) in [4.78, 5) is 27.9. The third-order valence-electron chi connectivity index (χ3n) is 4.20. The number of rotatable bonds is 1. The maximum atomic E-state index is 12.4. The Balaban J connectivity index is 1.88. The second kappa shape index (κ2) is 4.17. The van der Waals surface area contributed by atoms with Crippen LogP contribution in [0.25, 0.3) is 0 Å². The number of hydrogen-bond donors (Lipinski definition) is 0. The van der Waals surface area contributed by atoms with Crippen molar-refractivity contribution in [1.29, 1.82) is 0 Å². The van der Waals surface area contributed by atoms with Crippen molar-refractivity contribution in [3.8, 4) is 0 Å². The van der Waals surface area contributed by atoms with Crippen molar-refractivity contribution in [3.05, 3.63) is 0 Å². The van der Waals surface area contributed by atoms with Gasteiger partial charge in [0.15, 0.2) is 0 Å². The molecule has 8 heteroatoms. The molecule has 0 aliphatic carbocycles. The van der Waals surface area contributed by atoms with Gasteiger partial charge < -0.3 is 9.80 Å². The summed E-state index contributed by atoms with van der Waals surface area (Å²) in [5, 5.41) is 0. The highest BCUT2D eigenvalue weighted by Crippen LogP contribution is 2.29. The van der Waals surface area contributed by atoms with Gasteiger partial charge >= 0.3 is 0 Å². The summed E-state index contributed by atoms with van der Waals surface area (Å²) < 4.78 is 24.4. The van der Waals surface area contributed by atoms with Crippen LogP contribution < -0.4 is 0 Å². The van der Waals surface area contributed by atoms with E-state index in [0.717, 1.165) is 19.1 Å². The molecule has 106 valence electrons. The van der Waals surface area contributed by atoms with Crippen LogP contribution in [-0.2, 0) is 19.6 Å². The zero-order valence-corrected chi connectivity index (χ0v) is 11.6. The first-order chi connectivity index (χ1) is 8.89. The summed E-state index contributed by atoms with van der Waals surface area (Å²) in [6, 6.07) is -0.946. The summed E-state index contributed by atoms with van der Waals surface area (Å²) in [5.41, 5.74) is 0. The Labute approximate surface area is 112 Å². The Morgan fingerprint density at radius 1 is 1.00 bits per heavy atom. The number of amides is 2. The molecule has 2 amide bonds. The first kappa shape index (κ1) is 12.9. The predicted molar refractivity (Wildman–Crippen MR) is 66.7 cm³/mol. The highest BCUT2D eigenvalue weighted by atomic mass is 32.2. The van der Waals surface area contributed by atoms with E-state index in [9.17, 15) is 18.0 Å². The second-order valence-electron chi connectivity index (χ2n) is 5.36. The highest BCUT2D eigenvalue weighted by Gasteiger charge is 2.50. The van der Waals surface area contributed by atoms with Crippen molar-refractivity contribution >= 4 is 21.8 Å². The molecule has 0 aromatic heterocycles. The van der Waals surface area contributed by atoms with Crippen LogP contribution in [-0.4, -0.2) is 78.9 Å². The lowest BCUT2D eigenvalue weighted by Gasteiger charge is -2.46. The summed E-state index contributed by atoms with van der Waals surface area (Å²) >= 11 is 0. The van der Waals surface area contributed by atoms with Crippen molar-refractivity contribution < 1.29 is 18.0 Å². The summed E-state index contributed by atoms with van der Waals surface area (Å²) in [7, 11) is -3.31. The number of carbonyl (C=O) groups is 2. The van der Waals surface area contributed by atoms with Gasteiger partial charge in [0.2, 0.25) is 21.8 Å². The zero-order valence-electron chi connectivity index (χ0n) is 10.8. The van der Waals surface area contributed by atoms with E-state index < -0.39 is 16.1 Å². The largest absolute Gasteiger partial charge is 0.329 e. The number of fused-ring (bicyclic) bond motifs is 2. The summed E-state index contributed by atoms with van der Waals surface area (Å²) in [6.07, 6.45) is 2.71. The zero-order chi connectivity index (χ0) is 13.8. The minimum Gasteiger partial charge on any atom is -0.329 e. The van der Waals surface area contributed by atoms with Crippen LogP contribution in [0.5, 0.6) is 0 Å². The molecule has 0 unspecified atom stereocenters. The molecule has 0 aromatic rings. The Morgan fingerprint density at radius 3 is 2.32 bits per heavy atom. The molecule has 3 heterocycles. The standard InChI is InChI=1S/C11H17N3O4S/c1-19(17,18)12-5-6-14-9(7-12)11(16)13-4-2-3-8(13)10(14)15/h8-9H,2-7H2,1H3/t8-,9-/m0/s1. The Hall–Kier alpha value is -1.15. The molecule has 3 aliphatic heterocycles. The van der Waals surface area contributed by atoms with Gasteiger partial charge in [-0.3, -0.25) is 9.59 Å². The van der Waals surface area contributed by atoms with Crippen molar-refractivity contribution in [1.82, 2.24) is 14.1 Å². The molecule has 0 bridgehead atoms. The molecule has 3 fully saturated rings. The topological polar surface area (TPSA) is 78.0 Å². The minimum absolute atomic E-state index is 0.0183. The molecule has 2 atom stereocenters. The average molecular weight is 287 g/mol. The fraction of sp³-hybridized carbons (Fsp3) is 0.818. The molecule has 0 N–H and O–H groups in total. The fourth-order valence-electron chi connectivity index (χ4n) is 3.20. The molecule has 0 spiro atoms. The van der Waals surface area contributed by atoms with E-state index in [0.29, 0.717) is 13.1 Å². The third kappa shape index (κ3) is 1.93. The summed E-state index contributed by atoms with van der Waals surface area (Å²) in [6.45, 7) is 1.29. The van der Waals surface area contributed by atoms with Crippen molar-refractivity contribution in [2.75, 3.05) is 32.4 Å². The monoisotopic (exact) mass is 287 g/mol. The van der Waals surface area contributed by atoms with Crippen molar-refractivity contribution in [2.24, 2.45) is 0 Å². The van der Waals surface area contributed by atoms with Crippen molar-refractivity contribution in [3.63, 3.8) is 0 Å². The van der Waals surface area contributed by atoms with E-state index in [-0.39, 0.29) is 30.9 Å². The number of piperazine rings is 2. The normalized spacial score (nSPS) is 32.5. The van der Waals surface area contributed by atoms with Crippen LogP contribution in [0.15, 0.2) is 0 Å². The Kier molecular flexibility index (Phi) is 2.82. The summed E-state index contributed by atoms with van der Waals surface area (Å²) in [5.74, 6) is -0.120. The smallest absolute Gasteiger partial charge is 0.247 e. The van der Waals surface area contributed by atoms with E-state index in [4.69, 9.17) is 0 Å². The van der Waals surface area contributed by atoms with Crippen LogP contribution in [0.2, 0.25) is 0 Å². The van der Waals surface area contributed by atoms with Crippen LogP contribution in [0.3, 0.4) is 0 Å². The van der Waals surface area contributed by atoms with Gasteiger partial charge in [-0.1, -0.05) is 0 Å². The second-order valence-corrected chi connectivity index (χ2v) is 7.34. The van der Waals surface area contributed by atoms with E-state index >= 15 is 0 Å². The van der Waals surface area contributed by atoms with Gasteiger partial charge in [0.05, 0.1) is 6.26 Å². The van der Waals surface area contributed by atoms with E-state index in [1.807, 2.05) is 0 Å². The van der Waals surface area contributed by atoms with Gasteiger partial charge in [0.25, 0.3) is 0 Å². The molecule has 19 heavy (non-hydrogen) atoms. The van der Waals surface area contributed by atoms with E-state index in [2.05, 4.69) is 0 Å². The quantitative estimate of drug-likeness (QED) is 0.586. The number of hydrogen-bond acceptors (Lipinski definition) is 4. The molecule has 0 saturated carbocycles. The lowest BCUT2D eigenvalue weighted by Crippen LogP contribution is -2.69. The van der Waals surface area contributed by atoms with Crippen LogP contribution in [0, 0.1) is 0 Å². The Bertz CT molecular complexity index is 532. The van der Waals surface area contributed by atoms with Gasteiger partial charge in [0.1, 0.15) is 12.1 Å². The van der Waals surface area contributed by atoms with Gasteiger partial charge in [0, 0.05) is 26.2 Å². The van der Waals surface area contributed by atoms with Gasteiger partial charge in [-0.25, -0.2) is 8.42 Å². The number of sulfonamides is 1. The molecule has 0 radical (unpaired) electrons. The SMILES string of the molecule is CS(=O)(=O)N1CCN2C(=O)[C@@H]3CCCN3C(=O)[C@@H]2C1. The Morgan fingerprint density at radius 2 is 1.63 bits per heavy atom. The van der Waals surface area contributed by atoms with E-state index in [1.54, 1.807) is 9.80 Å². The van der Waals surface area contributed by atoms with Crippen LogP contribution in [0.4, 0.5) is 0 Å². The van der Waals surface area contributed by atoms with E-state index in [1.165, 1.54) is 4.31 Å². The van der Waals surface area contributed by atoms with Crippen molar-refractivity contribution in [2.45, 2.75) is 24.9 Å². The van der Waals surface area contributed by atoms with Gasteiger partial charge in [-0.05, 0) is 12.8 Å².